The highest BCUT2D eigenvalue weighted by atomic mass is 35.5. The molecule has 0 amide bonds. The van der Waals surface area contributed by atoms with E-state index in [0.29, 0.717) is 10.9 Å². The molecule has 0 radical (unpaired) electrons. The first-order valence-corrected chi connectivity index (χ1v) is 7.37. The van der Waals surface area contributed by atoms with Gasteiger partial charge in [0, 0.05) is 18.7 Å². The number of hydrogen-bond donors (Lipinski definition) is 0. The van der Waals surface area contributed by atoms with Gasteiger partial charge in [-0.05, 0) is 34.6 Å². The highest BCUT2D eigenvalue weighted by molar-refractivity contribution is 6.30. The van der Waals surface area contributed by atoms with E-state index in [1.807, 2.05) is 6.92 Å². The van der Waals surface area contributed by atoms with Crippen LogP contribution in [-0.4, -0.2) is 43.9 Å². The third-order valence-electron chi connectivity index (χ3n) is 3.57. The average molecular weight is 310 g/mol. The molecule has 1 aliphatic heterocycles. The molecule has 0 saturated carbocycles. The number of aromatic nitrogens is 4. The molecule has 0 bridgehead atoms. The smallest absolute Gasteiger partial charge is 0.255 e. The largest absolute Gasteiger partial charge is 0.366 e. The molecule has 3 heterocycles. The van der Waals surface area contributed by atoms with Crippen LogP contribution in [0.4, 0.5) is 5.82 Å². The minimum atomic E-state index is -0.253. The second-order valence-electron chi connectivity index (χ2n) is 6.80. The Kier molecular flexibility index (Phi) is 3.15. The molecule has 6 nitrogen and oxygen atoms in total. The molecule has 1 fully saturated rings. The van der Waals surface area contributed by atoms with Crippen LogP contribution in [0.25, 0.3) is 5.78 Å². The molecule has 2 aromatic heterocycles. The van der Waals surface area contributed by atoms with Crippen LogP contribution < -0.4 is 4.90 Å². The number of rotatable bonds is 1. The standard InChI is InChI=1S/C14H20ClN5O/c1-9-10(15)18-12-16-8-17-20(12)11(9)19-6-13(2,3)21-14(4,5)7-19/h8H,6-7H2,1-5H3. The van der Waals surface area contributed by atoms with Crippen molar-refractivity contribution in [2.45, 2.75) is 45.8 Å². The highest BCUT2D eigenvalue weighted by Crippen LogP contribution is 2.34. The Balaban J connectivity index is 2.15. The third kappa shape index (κ3) is 2.58. The van der Waals surface area contributed by atoms with E-state index < -0.39 is 0 Å². The molecule has 2 aromatic rings. The van der Waals surface area contributed by atoms with Crippen LogP contribution in [0.2, 0.25) is 5.15 Å². The van der Waals surface area contributed by atoms with Gasteiger partial charge in [-0.1, -0.05) is 11.6 Å². The summed E-state index contributed by atoms with van der Waals surface area (Å²) in [6.07, 6.45) is 1.50. The Labute approximate surface area is 129 Å². The van der Waals surface area contributed by atoms with Gasteiger partial charge in [0.2, 0.25) is 0 Å². The van der Waals surface area contributed by atoms with Crippen LogP contribution in [-0.2, 0) is 4.74 Å². The van der Waals surface area contributed by atoms with Crippen molar-refractivity contribution in [1.82, 2.24) is 19.6 Å². The van der Waals surface area contributed by atoms with Crippen molar-refractivity contribution in [3.63, 3.8) is 0 Å². The lowest BCUT2D eigenvalue weighted by molar-refractivity contribution is -0.133. The van der Waals surface area contributed by atoms with Crippen LogP contribution in [0.3, 0.4) is 0 Å². The van der Waals surface area contributed by atoms with Gasteiger partial charge in [-0.3, -0.25) is 0 Å². The van der Waals surface area contributed by atoms with Crippen LogP contribution in [0, 0.1) is 6.92 Å². The predicted octanol–water partition coefficient (Wildman–Crippen LogP) is 2.48. The van der Waals surface area contributed by atoms with Crippen molar-refractivity contribution < 1.29 is 4.74 Å². The van der Waals surface area contributed by atoms with Gasteiger partial charge in [0.1, 0.15) is 17.3 Å². The molecule has 1 aliphatic rings. The number of ether oxygens (including phenoxy) is 1. The number of anilines is 1. The van der Waals surface area contributed by atoms with Crippen molar-refractivity contribution in [2.24, 2.45) is 0 Å². The second kappa shape index (κ2) is 4.55. The Morgan fingerprint density at radius 1 is 1.19 bits per heavy atom. The van der Waals surface area contributed by atoms with E-state index in [1.54, 1.807) is 4.52 Å². The van der Waals surface area contributed by atoms with E-state index in [1.165, 1.54) is 6.33 Å². The van der Waals surface area contributed by atoms with Gasteiger partial charge in [0.25, 0.3) is 5.78 Å². The van der Waals surface area contributed by atoms with Crippen LogP contribution in [0.1, 0.15) is 33.3 Å². The lowest BCUT2D eigenvalue weighted by Gasteiger charge is -2.48. The summed E-state index contributed by atoms with van der Waals surface area (Å²) in [4.78, 5) is 10.7. The Morgan fingerprint density at radius 3 is 2.43 bits per heavy atom. The van der Waals surface area contributed by atoms with Crippen molar-refractivity contribution in [2.75, 3.05) is 18.0 Å². The maximum Gasteiger partial charge on any atom is 0.255 e. The molecule has 7 heteroatoms. The topological polar surface area (TPSA) is 55.5 Å². The fourth-order valence-electron chi connectivity index (χ4n) is 3.19. The quantitative estimate of drug-likeness (QED) is 0.758. The molecule has 0 N–H and O–H groups in total. The van der Waals surface area contributed by atoms with E-state index in [-0.39, 0.29) is 11.2 Å². The Morgan fingerprint density at radius 2 is 1.81 bits per heavy atom. The van der Waals surface area contributed by atoms with Crippen LogP contribution in [0.15, 0.2) is 6.33 Å². The molecular formula is C14H20ClN5O. The third-order valence-corrected chi connectivity index (χ3v) is 3.94. The maximum absolute atomic E-state index is 6.26. The molecule has 0 spiro atoms. The minimum absolute atomic E-state index is 0.253. The summed E-state index contributed by atoms with van der Waals surface area (Å²) < 4.78 is 7.89. The highest BCUT2D eigenvalue weighted by Gasteiger charge is 2.39. The van der Waals surface area contributed by atoms with Gasteiger partial charge in [-0.15, -0.1) is 0 Å². The first-order chi connectivity index (χ1) is 9.69. The fourth-order valence-corrected chi connectivity index (χ4v) is 3.35. The van der Waals surface area contributed by atoms with Crippen molar-refractivity contribution in [3.8, 4) is 0 Å². The Hall–Kier alpha value is -1.40. The molecule has 0 atom stereocenters. The number of nitrogens with zero attached hydrogens (tertiary/aromatic N) is 5. The molecule has 0 unspecified atom stereocenters. The van der Waals surface area contributed by atoms with Gasteiger partial charge in [0.15, 0.2) is 0 Å². The molecular weight excluding hydrogens is 290 g/mol. The summed E-state index contributed by atoms with van der Waals surface area (Å²) in [7, 11) is 0. The summed E-state index contributed by atoms with van der Waals surface area (Å²) in [5, 5.41) is 4.76. The average Bonchev–Trinajstić information content (AvgIpc) is 2.73. The van der Waals surface area contributed by atoms with Gasteiger partial charge >= 0.3 is 0 Å². The SMILES string of the molecule is Cc1c(Cl)nc2ncnn2c1N1CC(C)(C)OC(C)(C)C1. The van der Waals surface area contributed by atoms with Gasteiger partial charge < -0.3 is 9.64 Å². The Bertz CT molecular complexity index is 678. The summed E-state index contributed by atoms with van der Waals surface area (Å²) in [6.45, 7) is 11.9. The summed E-state index contributed by atoms with van der Waals surface area (Å²) in [6, 6.07) is 0. The first kappa shape index (κ1) is 14.5. The number of morpholine rings is 1. The summed E-state index contributed by atoms with van der Waals surface area (Å²) >= 11 is 6.26. The van der Waals surface area contributed by atoms with Gasteiger partial charge in [-0.25, -0.2) is 0 Å². The zero-order valence-corrected chi connectivity index (χ0v) is 13.8. The van der Waals surface area contributed by atoms with E-state index >= 15 is 0 Å². The van der Waals surface area contributed by atoms with Gasteiger partial charge in [0.05, 0.1) is 11.2 Å². The first-order valence-electron chi connectivity index (χ1n) is 6.99. The summed E-state index contributed by atoms with van der Waals surface area (Å²) in [5.41, 5.74) is 0.399. The van der Waals surface area contributed by atoms with Gasteiger partial charge in [-0.2, -0.15) is 19.6 Å². The molecule has 114 valence electrons. The monoisotopic (exact) mass is 309 g/mol. The molecule has 21 heavy (non-hydrogen) atoms. The van der Waals surface area contributed by atoms with Crippen molar-refractivity contribution >= 4 is 23.2 Å². The zero-order chi connectivity index (χ0) is 15.4. The van der Waals surface area contributed by atoms with E-state index in [4.69, 9.17) is 16.3 Å². The zero-order valence-electron chi connectivity index (χ0n) is 13.0. The number of hydrogen-bond acceptors (Lipinski definition) is 5. The molecule has 0 aromatic carbocycles. The number of fused-ring (bicyclic) bond motifs is 1. The van der Waals surface area contributed by atoms with Crippen LogP contribution >= 0.6 is 11.6 Å². The number of halogens is 1. The second-order valence-corrected chi connectivity index (χ2v) is 7.16. The van der Waals surface area contributed by atoms with Crippen LogP contribution in [0.5, 0.6) is 0 Å². The van der Waals surface area contributed by atoms with E-state index in [2.05, 4.69) is 47.7 Å². The molecule has 3 rings (SSSR count). The lowest BCUT2D eigenvalue weighted by atomic mass is 9.98. The van der Waals surface area contributed by atoms with Crippen molar-refractivity contribution in [3.05, 3.63) is 17.0 Å². The maximum atomic E-state index is 6.26. The lowest BCUT2D eigenvalue weighted by Crippen LogP contribution is -2.57. The molecule has 0 aliphatic carbocycles. The molecule has 1 saturated heterocycles. The normalized spacial score (nSPS) is 21.0. The minimum Gasteiger partial charge on any atom is -0.366 e. The fraction of sp³-hybridized carbons (Fsp3) is 0.643. The summed E-state index contributed by atoms with van der Waals surface area (Å²) in [5.74, 6) is 1.45. The van der Waals surface area contributed by atoms with Crippen molar-refractivity contribution in [1.29, 1.82) is 0 Å². The van der Waals surface area contributed by atoms with E-state index in [0.717, 1.165) is 24.5 Å². The van der Waals surface area contributed by atoms with E-state index in [9.17, 15) is 0 Å². The predicted molar refractivity (Wildman–Crippen MR) is 82.0 cm³/mol.